The van der Waals surface area contributed by atoms with E-state index in [0.717, 1.165) is 16.8 Å². The van der Waals surface area contributed by atoms with Crippen molar-refractivity contribution in [1.82, 2.24) is 20.3 Å². The Labute approximate surface area is 287 Å². The predicted octanol–water partition coefficient (Wildman–Crippen LogP) is 3.94. The smallest absolute Gasteiger partial charge is 0.264 e. The van der Waals surface area contributed by atoms with Gasteiger partial charge in [-0.1, -0.05) is 84.4 Å². The number of hydrogen-bond donors (Lipinski definition) is 5. The van der Waals surface area contributed by atoms with E-state index in [2.05, 4.69) is 20.7 Å². The maximum atomic E-state index is 14.2. The molecule has 0 bridgehead atoms. The summed E-state index contributed by atoms with van der Waals surface area (Å²) >= 11 is 0. The first-order valence-corrected chi connectivity index (χ1v) is 17.7. The van der Waals surface area contributed by atoms with Gasteiger partial charge in [0.05, 0.1) is 23.5 Å². The summed E-state index contributed by atoms with van der Waals surface area (Å²) in [4.78, 5) is 42.6. The fraction of sp³-hybridized carbons (Fsp3) is 0.528. The Morgan fingerprint density at radius 2 is 1.54 bits per heavy atom. The monoisotopic (exact) mass is 685 g/mol. The van der Waals surface area contributed by atoms with Crippen molar-refractivity contribution in [1.29, 1.82) is 0 Å². The summed E-state index contributed by atoms with van der Waals surface area (Å²) in [5.41, 5.74) is 1.72. The van der Waals surface area contributed by atoms with Gasteiger partial charge in [-0.3, -0.25) is 14.4 Å². The summed E-state index contributed by atoms with van der Waals surface area (Å²) in [7, 11) is -0.793. The number of aliphatic hydroxyl groups excluding tert-OH is 1. The van der Waals surface area contributed by atoms with Crippen molar-refractivity contribution in [3.63, 3.8) is 0 Å². The minimum absolute atomic E-state index is 0.0123. The largest absolute Gasteiger partial charge is 0.395 e. The van der Waals surface area contributed by atoms with Crippen LogP contribution in [0.1, 0.15) is 66.5 Å². The van der Waals surface area contributed by atoms with Gasteiger partial charge in [-0.25, -0.2) is 13.1 Å². The fourth-order valence-corrected chi connectivity index (χ4v) is 6.50. The zero-order valence-corrected chi connectivity index (χ0v) is 31.1. The number of benzene rings is 2. The van der Waals surface area contributed by atoms with Crippen LogP contribution in [0.15, 0.2) is 65.2 Å². The van der Waals surface area contributed by atoms with E-state index >= 15 is 0 Å². The first-order valence-electron chi connectivity index (χ1n) is 16.2. The normalized spacial score (nSPS) is 14.6. The number of amides is 3. The molecule has 2 aromatic rings. The van der Waals surface area contributed by atoms with Crippen molar-refractivity contribution < 1.29 is 27.9 Å². The molecule has 12 heteroatoms. The molecule has 0 saturated heterocycles. The molecular weight excluding hydrogens is 630 g/mol. The molecule has 1 unspecified atom stereocenters. The van der Waals surface area contributed by atoms with Crippen LogP contribution in [0.25, 0.3) is 0 Å². The quantitative estimate of drug-likeness (QED) is 0.189. The molecule has 3 atom stereocenters. The molecule has 0 aliphatic heterocycles. The first kappa shape index (κ1) is 40.4. The van der Waals surface area contributed by atoms with Gasteiger partial charge >= 0.3 is 0 Å². The number of hydrogen-bond acceptors (Lipinski definition) is 8. The molecule has 0 aliphatic carbocycles. The minimum atomic E-state index is -4.09. The highest BCUT2D eigenvalue weighted by Gasteiger charge is 2.41. The number of rotatable bonds is 15. The molecule has 0 heterocycles. The minimum Gasteiger partial charge on any atom is -0.395 e. The Bertz CT molecular complexity index is 1560. The number of carbonyl (C=O) groups is 3. The van der Waals surface area contributed by atoms with Crippen LogP contribution in [0.3, 0.4) is 0 Å². The molecule has 11 nitrogen and oxygen atoms in total. The van der Waals surface area contributed by atoms with E-state index in [4.69, 9.17) is 0 Å². The molecule has 0 aliphatic rings. The summed E-state index contributed by atoms with van der Waals surface area (Å²) in [6, 6.07) is 12.2. The lowest BCUT2D eigenvalue weighted by molar-refractivity contribution is -0.138. The van der Waals surface area contributed by atoms with Gasteiger partial charge in [0.2, 0.25) is 17.7 Å². The summed E-state index contributed by atoms with van der Waals surface area (Å²) in [5.74, 6) is -2.57. The molecule has 0 fully saturated rings. The number of nitrogens with zero attached hydrogens (tertiary/aromatic N) is 1. The van der Waals surface area contributed by atoms with Crippen LogP contribution in [0.4, 0.5) is 5.69 Å². The van der Waals surface area contributed by atoms with Crippen molar-refractivity contribution in [2.24, 2.45) is 17.3 Å². The van der Waals surface area contributed by atoms with E-state index in [1.165, 1.54) is 17.0 Å². The standard InChI is InChI=1S/C36H55N5O6S/c1-23(2)29(21-25(4)32(43)40-48(46,47)28-17-15-24(3)16-18-28)41(11)34(45)31(35(5,6)7)39-33(44)30(37-10)36(8,9)26-13-12-14-27(22-26)38-19-20-42/h12-18,21-23,25,30-31,37-38,42H,19-20H2,1-11H3,(H,39,44)(H,40,43)/b29-21+/t25?,30-,31-/m1/s1. The highest BCUT2D eigenvalue weighted by molar-refractivity contribution is 7.90. The molecule has 266 valence electrons. The van der Waals surface area contributed by atoms with Gasteiger partial charge in [0, 0.05) is 30.4 Å². The Morgan fingerprint density at radius 3 is 2.06 bits per heavy atom. The Hall–Kier alpha value is -3.74. The zero-order valence-electron chi connectivity index (χ0n) is 30.3. The molecule has 2 rings (SSSR count). The second-order valence-corrected chi connectivity index (χ2v) is 15.9. The van der Waals surface area contributed by atoms with Gasteiger partial charge in [-0.15, -0.1) is 0 Å². The van der Waals surface area contributed by atoms with Crippen molar-refractivity contribution in [2.75, 3.05) is 32.6 Å². The van der Waals surface area contributed by atoms with Gasteiger partial charge < -0.3 is 26.0 Å². The number of anilines is 1. The van der Waals surface area contributed by atoms with Crippen molar-refractivity contribution in [3.05, 3.63) is 71.4 Å². The van der Waals surface area contributed by atoms with Crippen LogP contribution in [0.2, 0.25) is 0 Å². The Morgan fingerprint density at radius 1 is 0.938 bits per heavy atom. The Kier molecular flexibility index (Phi) is 14.0. The molecule has 5 N–H and O–H groups in total. The maximum Gasteiger partial charge on any atom is 0.264 e. The van der Waals surface area contributed by atoms with E-state index in [9.17, 15) is 27.9 Å². The van der Waals surface area contributed by atoms with Gasteiger partial charge in [0.15, 0.2) is 0 Å². The number of nitrogens with one attached hydrogen (secondary N) is 4. The third-order valence-corrected chi connectivity index (χ3v) is 9.79. The van der Waals surface area contributed by atoms with Crippen molar-refractivity contribution in [3.8, 4) is 0 Å². The molecule has 0 saturated carbocycles. The number of aliphatic hydroxyl groups is 1. The molecule has 48 heavy (non-hydrogen) atoms. The van der Waals surface area contributed by atoms with Gasteiger partial charge in [-0.05, 0) is 62.1 Å². The summed E-state index contributed by atoms with van der Waals surface area (Å²) in [5, 5.41) is 18.5. The lowest BCUT2D eigenvalue weighted by atomic mass is 9.76. The maximum absolute atomic E-state index is 14.2. The van der Waals surface area contributed by atoms with E-state index in [-0.39, 0.29) is 29.2 Å². The summed E-state index contributed by atoms with van der Waals surface area (Å²) < 4.78 is 27.8. The molecule has 0 spiro atoms. The average Bonchev–Trinajstić information content (AvgIpc) is 3.00. The lowest BCUT2D eigenvalue weighted by Gasteiger charge is -2.39. The van der Waals surface area contributed by atoms with E-state index in [0.29, 0.717) is 12.2 Å². The van der Waals surface area contributed by atoms with E-state index in [1.807, 2.05) is 79.7 Å². The number of likely N-dealkylation sites (N-methyl/N-ethyl adjacent to an activating group) is 2. The molecule has 0 radical (unpaired) electrons. The molecule has 3 amide bonds. The molecule has 2 aromatic carbocycles. The second kappa shape index (κ2) is 16.6. The average molecular weight is 686 g/mol. The van der Waals surface area contributed by atoms with Gasteiger partial charge in [-0.2, -0.15) is 0 Å². The van der Waals surface area contributed by atoms with Crippen LogP contribution in [0.5, 0.6) is 0 Å². The highest BCUT2D eigenvalue weighted by atomic mass is 32.2. The summed E-state index contributed by atoms with van der Waals surface area (Å²) in [6.45, 7) is 17.0. The van der Waals surface area contributed by atoms with Gasteiger partial charge in [0.25, 0.3) is 10.0 Å². The van der Waals surface area contributed by atoms with Crippen molar-refractivity contribution in [2.45, 2.75) is 84.7 Å². The second-order valence-electron chi connectivity index (χ2n) is 14.2. The van der Waals surface area contributed by atoms with E-state index in [1.54, 1.807) is 39.2 Å². The van der Waals surface area contributed by atoms with Crippen LogP contribution in [-0.4, -0.2) is 75.5 Å². The Balaban J connectivity index is 2.34. The topological polar surface area (TPSA) is 157 Å². The predicted molar refractivity (Wildman–Crippen MR) is 191 cm³/mol. The van der Waals surface area contributed by atoms with Crippen LogP contribution < -0.4 is 20.7 Å². The van der Waals surface area contributed by atoms with Crippen LogP contribution >= 0.6 is 0 Å². The molecular formula is C36H55N5O6S. The number of aryl methyl sites for hydroxylation is 1. The highest BCUT2D eigenvalue weighted by Crippen LogP contribution is 2.31. The summed E-state index contributed by atoms with van der Waals surface area (Å²) in [6.07, 6.45) is 1.58. The fourth-order valence-electron chi connectivity index (χ4n) is 5.44. The lowest BCUT2D eigenvalue weighted by Crippen LogP contribution is -2.60. The van der Waals surface area contributed by atoms with Crippen LogP contribution in [0, 0.1) is 24.2 Å². The number of carbonyl (C=O) groups excluding carboxylic acids is 3. The van der Waals surface area contributed by atoms with Crippen molar-refractivity contribution >= 4 is 33.4 Å². The molecule has 0 aromatic heterocycles. The van der Waals surface area contributed by atoms with Crippen LogP contribution in [-0.2, 0) is 29.8 Å². The third-order valence-electron chi connectivity index (χ3n) is 8.43. The van der Waals surface area contributed by atoms with E-state index < -0.39 is 44.8 Å². The third kappa shape index (κ3) is 10.4. The first-order chi connectivity index (χ1) is 22.2. The SMILES string of the molecule is CN[C@H](C(=O)N[C@H](C(=O)N(C)/C(=C/C(C)C(=O)NS(=O)(=O)c1ccc(C)cc1)C(C)C)C(C)(C)C)C(C)(C)c1cccc(NCCO)c1. The zero-order chi connectivity index (χ0) is 36.6. The number of allylic oxidation sites excluding steroid dienone is 1. The number of sulfonamides is 1. The van der Waals surface area contributed by atoms with Gasteiger partial charge in [0.1, 0.15) is 6.04 Å².